The van der Waals surface area contributed by atoms with Gasteiger partial charge in [0.15, 0.2) is 11.6 Å². The van der Waals surface area contributed by atoms with E-state index in [1.165, 1.54) is 29.5 Å². The molecule has 0 radical (unpaired) electrons. The van der Waals surface area contributed by atoms with Crippen LogP contribution >= 0.6 is 11.3 Å². The zero-order chi connectivity index (χ0) is 17.6. The van der Waals surface area contributed by atoms with Crippen LogP contribution in [-0.2, 0) is 4.79 Å². The molecular weight excluding hydrogens is 347 g/mol. The van der Waals surface area contributed by atoms with Crippen LogP contribution in [0.4, 0.5) is 18.9 Å². The summed E-state index contributed by atoms with van der Waals surface area (Å²) in [4.78, 5) is 12.9. The third-order valence-electron chi connectivity index (χ3n) is 4.31. The molecule has 0 saturated heterocycles. The Balaban J connectivity index is 1.88. The summed E-state index contributed by atoms with van der Waals surface area (Å²) in [5.74, 6) is -3.21. The molecule has 6 heteroatoms. The van der Waals surface area contributed by atoms with Gasteiger partial charge < -0.3 is 5.32 Å². The van der Waals surface area contributed by atoms with E-state index in [4.69, 9.17) is 0 Å². The molecule has 2 nitrogen and oxygen atoms in total. The molecule has 0 fully saturated rings. The number of hydrogen-bond donors (Lipinski definition) is 1. The van der Waals surface area contributed by atoms with E-state index >= 15 is 0 Å². The summed E-state index contributed by atoms with van der Waals surface area (Å²) >= 11 is 1.30. The first-order chi connectivity index (χ1) is 12.1. The Labute approximate surface area is 145 Å². The number of carbonyl (C=O) groups is 1. The third-order valence-corrected chi connectivity index (χ3v) is 5.41. The summed E-state index contributed by atoms with van der Waals surface area (Å²) in [7, 11) is 0. The van der Waals surface area contributed by atoms with E-state index in [0.717, 1.165) is 6.07 Å². The highest BCUT2D eigenvalue weighted by Gasteiger charge is 2.32. The number of nitrogens with one attached hydrogen (secondary N) is 1. The molecule has 3 aromatic rings. The van der Waals surface area contributed by atoms with Crippen molar-refractivity contribution in [2.24, 2.45) is 0 Å². The summed E-state index contributed by atoms with van der Waals surface area (Å²) < 4.78 is 42.0. The minimum Gasteiger partial charge on any atom is -0.325 e. The van der Waals surface area contributed by atoms with Crippen molar-refractivity contribution in [2.45, 2.75) is 12.3 Å². The van der Waals surface area contributed by atoms with Gasteiger partial charge in [0.05, 0.1) is 5.69 Å². The van der Waals surface area contributed by atoms with Crippen LogP contribution in [0.25, 0.3) is 11.1 Å². The molecule has 2 heterocycles. The number of halogens is 3. The fraction of sp³-hybridized carbons (Fsp3) is 0.105. The topological polar surface area (TPSA) is 29.1 Å². The van der Waals surface area contributed by atoms with Crippen molar-refractivity contribution in [3.8, 4) is 11.1 Å². The summed E-state index contributed by atoms with van der Waals surface area (Å²) in [6.45, 7) is 0. The van der Waals surface area contributed by atoms with Gasteiger partial charge in [-0.1, -0.05) is 30.3 Å². The van der Waals surface area contributed by atoms with Crippen molar-refractivity contribution in [3.05, 3.63) is 75.7 Å². The van der Waals surface area contributed by atoms with Gasteiger partial charge in [-0.2, -0.15) is 0 Å². The molecule has 25 heavy (non-hydrogen) atoms. The lowest BCUT2D eigenvalue weighted by atomic mass is 9.88. The molecule has 126 valence electrons. The third kappa shape index (κ3) is 2.62. The first-order valence-corrected chi connectivity index (χ1v) is 8.54. The predicted molar refractivity (Wildman–Crippen MR) is 91.2 cm³/mol. The number of anilines is 1. The maximum absolute atomic E-state index is 14.2. The fourth-order valence-corrected chi connectivity index (χ4v) is 4.29. The molecule has 0 bridgehead atoms. The van der Waals surface area contributed by atoms with E-state index in [1.54, 1.807) is 23.6 Å². The van der Waals surface area contributed by atoms with Crippen LogP contribution in [0, 0.1) is 17.5 Å². The van der Waals surface area contributed by atoms with Crippen LogP contribution in [0.15, 0.2) is 47.8 Å². The van der Waals surface area contributed by atoms with Crippen LogP contribution in [0.5, 0.6) is 0 Å². The van der Waals surface area contributed by atoms with Crippen LogP contribution in [-0.4, -0.2) is 5.91 Å². The monoisotopic (exact) mass is 359 g/mol. The second-order valence-electron chi connectivity index (χ2n) is 5.82. The van der Waals surface area contributed by atoms with Gasteiger partial charge in [-0.25, -0.2) is 13.2 Å². The quantitative estimate of drug-likeness (QED) is 0.660. The summed E-state index contributed by atoms with van der Waals surface area (Å²) in [5, 5.41) is 4.49. The number of fused-ring (bicyclic) bond motifs is 1. The average molecular weight is 359 g/mol. The molecule has 1 atom stereocenters. The van der Waals surface area contributed by atoms with E-state index in [0.29, 0.717) is 21.7 Å². The molecule has 4 rings (SSSR count). The van der Waals surface area contributed by atoms with Crippen molar-refractivity contribution in [1.82, 2.24) is 0 Å². The first-order valence-electron chi connectivity index (χ1n) is 7.66. The van der Waals surface area contributed by atoms with Gasteiger partial charge in [-0.3, -0.25) is 4.79 Å². The van der Waals surface area contributed by atoms with Gasteiger partial charge in [0.25, 0.3) is 0 Å². The Morgan fingerprint density at radius 2 is 1.72 bits per heavy atom. The maximum Gasteiger partial charge on any atom is 0.225 e. The minimum atomic E-state index is -0.950. The Morgan fingerprint density at radius 1 is 0.960 bits per heavy atom. The van der Waals surface area contributed by atoms with Crippen molar-refractivity contribution in [3.63, 3.8) is 0 Å². The zero-order valence-electron chi connectivity index (χ0n) is 12.9. The van der Waals surface area contributed by atoms with Crippen LogP contribution < -0.4 is 5.32 Å². The van der Waals surface area contributed by atoms with Gasteiger partial charge in [0.2, 0.25) is 5.91 Å². The number of amides is 1. The standard InChI is InChI=1S/C19H12F3NOS/c20-14-6-2-1-4-10(14)13-9-25-19-12(8-16(24)23-18(13)19)11-5-3-7-15(21)17(11)22/h1-7,9,12H,8H2,(H,23,24). The van der Waals surface area contributed by atoms with Crippen molar-refractivity contribution in [1.29, 1.82) is 0 Å². The van der Waals surface area contributed by atoms with Crippen LogP contribution in [0.3, 0.4) is 0 Å². The van der Waals surface area contributed by atoms with E-state index in [2.05, 4.69) is 5.32 Å². The molecule has 1 aliphatic rings. The SMILES string of the molecule is O=C1CC(c2cccc(F)c2F)c2scc(-c3ccccc3F)c2N1. The van der Waals surface area contributed by atoms with Gasteiger partial charge in [-0.15, -0.1) is 11.3 Å². The number of carbonyl (C=O) groups excluding carboxylic acids is 1. The second-order valence-corrected chi connectivity index (χ2v) is 6.73. The fourth-order valence-electron chi connectivity index (χ4n) is 3.15. The summed E-state index contributed by atoms with van der Waals surface area (Å²) in [5.41, 5.74) is 1.52. The molecule has 2 aromatic carbocycles. The largest absolute Gasteiger partial charge is 0.325 e. The average Bonchev–Trinajstić information content (AvgIpc) is 3.01. The van der Waals surface area contributed by atoms with Crippen molar-refractivity contribution < 1.29 is 18.0 Å². The molecule has 1 aromatic heterocycles. The maximum atomic E-state index is 14.2. The van der Waals surface area contributed by atoms with Crippen LogP contribution in [0.1, 0.15) is 22.8 Å². The second kappa shape index (κ2) is 6.04. The van der Waals surface area contributed by atoms with E-state index < -0.39 is 23.4 Å². The Bertz CT molecular complexity index is 983. The molecule has 0 spiro atoms. The van der Waals surface area contributed by atoms with Crippen molar-refractivity contribution in [2.75, 3.05) is 5.32 Å². The predicted octanol–water partition coefficient (Wildman–Crippen LogP) is 5.31. The molecule has 0 aliphatic carbocycles. The minimum absolute atomic E-state index is 0.0185. The lowest BCUT2D eigenvalue weighted by Gasteiger charge is -2.24. The Kier molecular flexibility index (Phi) is 3.84. The molecule has 0 saturated carbocycles. The summed E-state index contributed by atoms with van der Waals surface area (Å²) in [6, 6.07) is 10.2. The number of benzene rings is 2. The smallest absolute Gasteiger partial charge is 0.225 e. The molecule has 1 N–H and O–H groups in total. The number of rotatable bonds is 2. The lowest BCUT2D eigenvalue weighted by molar-refractivity contribution is -0.116. The Morgan fingerprint density at radius 3 is 2.52 bits per heavy atom. The zero-order valence-corrected chi connectivity index (χ0v) is 13.7. The van der Waals surface area contributed by atoms with Crippen LogP contribution in [0.2, 0.25) is 0 Å². The van der Waals surface area contributed by atoms with E-state index in [1.807, 2.05) is 0 Å². The summed E-state index contributed by atoms with van der Waals surface area (Å²) in [6.07, 6.45) is 0.0185. The molecular formula is C19H12F3NOS. The van der Waals surface area contributed by atoms with Crippen molar-refractivity contribution >= 4 is 22.9 Å². The lowest BCUT2D eigenvalue weighted by Crippen LogP contribution is -2.23. The van der Waals surface area contributed by atoms with Gasteiger partial charge in [0.1, 0.15) is 5.82 Å². The normalized spacial score (nSPS) is 16.4. The van der Waals surface area contributed by atoms with Gasteiger partial charge in [-0.05, 0) is 17.7 Å². The highest BCUT2D eigenvalue weighted by molar-refractivity contribution is 7.11. The Hall–Kier alpha value is -2.60. The first kappa shape index (κ1) is 15.9. The highest BCUT2D eigenvalue weighted by atomic mass is 32.1. The molecule has 1 aliphatic heterocycles. The van der Waals surface area contributed by atoms with E-state index in [9.17, 15) is 18.0 Å². The van der Waals surface area contributed by atoms with E-state index in [-0.39, 0.29) is 17.9 Å². The van der Waals surface area contributed by atoms with Gasteiger partial charge >= 0.3 is 0 Å². The molecule has 1 unspecified atom stereocenters. The highest BCUT2D eigenvalue weighted by Crippen LogP contribution is 2.47. The number of thiophene rings is 1. The van der Waals surface area contributed by atoms with Gasteiger partial charge in [0, 0.05) is 33.7 Å². The number of hydrogen-bond acceptors (Lipinski definition) is 2. The molecule has 1 amide bonds.